The lowest BCUT2D eigenvalue weighted by Crippen LogP contribution is -2.25. The first-order valence-electron chi connectivity index (χ1n) is 6.76. The molecule has 0 bridgehead atoms. The summed E-state index contributed by atoms with van der Waals surface area (Å²) in [5, 5.41) is 10.5. The van der Waals surface area contributed by atoms with E-state index in [0.29, 0.717) is 16.0 Å². The van der Waals surface area contributed by atoms with E-state index in [1.54, 1.807) is 12.1 Å². The third kappa shape index (κ3) is 2.94. The molecule has 0 heterocycles. The van der Waals surface area contributed by atoms with Gasteiger partial charge in [-0.05, 0) is 30.4 Å². The van der Waals surface area contributed by atoms with Crippen molar-refractivity contribution in [2.75, 3.05) is 0 Å². The fraction of sp³-hybridized carbons (Fsp3) is 0.600. The standard InChI is InChI=1S/C15H20BrFO/c1-2-10-5-3-4-6-12(10)15(18)13-8-7-11(16)9-14(13)17/h7-10,12,15,18H,2-6H2,1H3. The molecule has 1 saturated carbocycles. The normalized spacial score (nSPS) is 26.0. The molecule has 0 spiro atoms. The summed E-state index contributed by atoms with van der Waals surface area (Å²) in [6.07, 6.45) is 4.97. The lowest BCUT2D eigenvalue weighted by Gasteiger charge is -2.34. The van der Waals surface area contributed by atoms with Gasteiger partial charge in [-0.15, -0.1) is 0 Å². The molecular formula is C15H20BrFO. The number of halogens is 2. The van der Waals surface area contributed by atoms with Crippen LogP contribution in [0.2, 0.25) is 0 Å². The van der Waals surface area contributed by atoms with Crippen molar-refractivity contribution in [3.05, 3.63) is 34.1 Å². The summed E-state index contributed by atoms with van der Waals surface area (Å²) in [4.78, 5) is 0. The number of benzene rings is 1. The molecule has 0 saturated heterocycles. The molecule has 0 aliphatic heterocycles. The van der Waals surface area contributed by atoms with E-state index in [-0.39, 0.29) is 11.7 Å². The highest BCUT2D eigenvalue weighted by Gasteiger charge is 2.31. The molecule has 1 nitrogen and oxygen atoms in total. The Balaban J connectivity index is 2.20. The Morgan fingerprint density at radius 3 is 2.78 bits per heavy atom. The Morgan fingerprint density at radius 2 is 2.11 bits per heavy atom. The maximum absolute atomic E-state index is 13.9. The van der Waals surface area contributed by atoms with Gasteiger partial charge in [0.15, 0.2) is 0 Å². The van der Waals surface area contributed by atoms with Gasteiger partial charge in [0.2, 0.25) is 0 Å². The van der Waals surface area contributed by atoms with Crippen molar-refractivity contribution < 1.29 is 9.50 Å². The molecule has 0 radical (unpaired) electrons. The summed E-state index contributed by atoms with van der Waals surface area (Å²) >= 11 is 3.25. The van der Waals surface area contributed by atoms with Crippen molar-refractivity contribution in [1.82, 2.24) is 0 Å². The van der Waals surface area contributed by atoms with E-state index in [1.165, 1.54) is 12.5 Å². The van der Waals surface area contributed by atoms with E-state index < -0.39 is 6.10 Å². The molecule has 0 aromatic heterocycles. The van der Waals surface area contributed by atoms with Crippen LogP contribution in [-0.2, 0) is 0 Å². The molecule has 100 valence electrons. The van der Waals surface area contributed by atoms with Gasteiger partial charge in [0, 0.05) is 10.0 Å². The van der Waals surface area contributed by atoms with E-state index in [0.717, 1.165) is 25.7 Å². The summed E-state index contributed by atoms with van der Waals surface area (Å²) in [6.45, 7) is 2.16. The predicted octanol–water partition coefficient (Wildman–Crippen LogP) is 4.84. The number of aliphatic hydroxyl groups is 1. The van der Waals surface area contributed by atoms with Crippen molar-refractivity contribution in [2.24, 2.45) is 11.8 Å². The fourth-order valence-corrected chi connectivity index (χ4v) is 3.46. The molecule has 1 aliphatic carbocycles. The molecule has 18 heavy (non-hydrogen) atoms. The SMILES string of the molecule is CCC1CCCCC1C(O)c1ccc(Br)cc1F. The highest BCUT2D eigenvalue weighted by molar-refractivity contribution is 9.10. The molecular weight excluding hydrogens is 295 g/mol. The second-order valence-corrected chi connectivity index (χ2v) is 6.14. The topological polar surface area (TPSA) is 20.2 Å². The van der Waals surface area contributed by atoms with Crippen molar-refractivity contribution >= 4 is 15.9 Å². The molecule has 3 heteroatoms. The molecule has 2 rings (SSSR count). The van der Waals surface area contributed by atoms with E-state index in [4.69, 9.17) is 0 Å². The molecule has 3 atom stereocenters. The van der Waals surface area contributed by atoms with Crippen LogP contribution >= 0.6 is 15.9 Å². The van der Waals surface area contributed by atoms with Crippen LogP contribution in [0.25, 0.3) is 0 Å². The lowest BCUT2D eigenvalue weighted by molar-refractivity contribution is 0.0427. The van der Waals surface area contributed by atoms with Gasteiger partial charge in [-0.1, -0.05) is 54.6 Å². The first-order valence-corrected chi connectivity index (χ1v) is 7.55. The third-order valence-corrected chi connectivity index (χ3v) is 4.67. The quantitative estimate of drug-likeness (QED) is 0.846. The van der Waals surface area contributed by atoms with Gasteiger partial charge in [0.1, 0.15) is 5.82 Å². The number of rotatable bonds is 3. The van der Waals surface area contributed by atoms with E-state index in [2.05, 4.69) is 22.9 Å². The largest absolute Gasteiger partial charge is 0.388 e. The van der Waals surface area contributed by atoms with Gasteiger partial charge in [0.05, 0.1) is 6.10 Å². The van der Waals surface area contributed by atoms with Crippen LogP contribution in [-0.4, -0.2) is 5.11 Å². The molecule has 1 aliphatic rings. The van der Waals surface area contributed by atoms with E-state index in [1.807, 2.05) is 0 Å². The minimum absolute atomic E-state index is 0.208. The Hall–Kier alpha value is -0.410. The second-order valence-electron chi connectivity index (χ2n) is 5.23. The maximum atomic E-state index is 13.9. The molecule has 1 aromatic carbocycles. The van der Waals surface area contributed by atoms with Crippen LogP contribution in [0.4, 0.5) is 4.39 Å². The maximum Gasteiger partial charge on any atom is 0.130 e. The minimum atomic E-state index is -0.664. The first-order chi connectivity index (χ1) is 8.63. The van der Waals surface area contributed by atoms with Crippen LogP contribution in [0, 0.1) is 17.7 Å². The summed E-state index contributed by atoms with van der Waals surface area (Å²) in [7, 11) is 0. The van der Waals surface area contributed by atoms with Crippen molar-refractivity contribution in [3.63, 3.8) is 0 Å². The van der Waals surface area contributed by atoms with Gasteiger partial charge in [-0.25, -0.2) is 4.39 Å². The molecule has 1 N–H and O–H groups in total. The average molecular weight is 315 g/mol. The predicted molar refractivity (Wildman–Crippen MR) is 74.8 cm³/mol. The van der Waals surface area contributed by atoms with E-state index >= 15 is 0 Å². The van der Waals surface area contributed by atoms with Gasteiger partial charge in [0.25, 0.3) is 0 Å². The second kappa shape index (κ2) is 6.16. The summed E-state index contributed by atoms with van der Waals surface area (Å²) in [5.74, 6) is 0.425. The number of hydrogen-bond donors (Lipinski definition) is 1. The fourth-order valence-electron chi connectivity index (χ4n) is 3.13. The van der Waals surface area contributed by atoms with Gasteiger partial charge in [-0.2, -0.15) is 0 Å². The van der Waals surface area contributed by atoms with Crippen LogP contribution in [0.3, 0.4) is 0 Å². The van der Waals surface area contributed by atoms with Crippen LogP contribution in [0.5, 0.6) is 0 Å². The highest BCUT2D eigenvalue weighted by atomic mass is 79.9. The van der Waals surface area contributed by atoms with Crippen LogP contribution < -0.4 is 0 Å². The van der Waals surface area contributed by atoms with Gasteiger partial charge >= 0.3 is 0 Å². The number of aliphatic hydroxyl groups excluding tert-OH is 1. The summed E-state index contributed by atoms with van der Waals surface area (Å²) in [5.41, 5.74) is 0.448. The summed E-state index contributed by atoms with van der Waals surface area (Å²) in [6, 6.07) is 4.93. The van der Waals surface area contributed by atoms with E-state index in [9.17, 15) is 9.50 Å². The monoisotopic (exact) mass is 314 g/mol. The molecule has 1 aromatic rings. The number of hydrogen-bond acceptors (Lipinski definition) is 1. The van der Waals surface area contributed by atoms with Gasteiger partial charge in [-0.3, -0.25) is 0 Å². The van der Waals surface area contributed by atoms with Crippen molar-refractivity contribution in [2.45, 2.75) is 45.1 Å². The van der Waals surface area contributed by atoms with Crippen LogP contribution in [0.1, 0.15) is 50.7 Å². The first kappa shape index (κ1) is 14.0. The molecule has 3 unspecified atom stereocenters. The molecule has 0 amide bonds. The van der Waals surface area contributed by atoms with Crippen molar-refractivity contribution in [1.29, 1.82) is 0 Å². The Kier molecular flexibility index (Phi) is 4.79. The van der Waals surface area contributed by atoms with Gasteiger partial charge < -0.3 is 5.11 Å². The smallest absolute Gasteiger partial charge is 0.130 e. The zero-order valence-electron chi connectivity index (χ0n) is 10.7. The highest BCUT2D eigenvalue weighted by Crippen LogP contribution is 2.41. The van der Waals surface area contributed by atoms with Crippen LogP contribution in [0.15, 0.2) is 22.7 Å². The Bertz CT molecular complexity index is 407. The zero-order chi connectivity index (χ0) is 13.1. The third-order valence-electron chi connectivity index (χ3n) is 4.18. The lowest BCUT2D eigenvalue weighted by atomic mass is 9.73. The minimum Gasteiger partial charge on any atom is -0.388 e. The summed E-state index contributed by atoms with van der Waals surface area (Å²) < 4.78 is 14.6. The Morgan fingerprint density at radius 1 is 1.39 bits per heavy atom. The average Bonchev–Trinajstić information content (AvgIpc) is 2.38. The van der Waals surface area contributed by atoms with Crippen molar-refractivity contribution in [3.8, 4) is 0 Å². The Labute approximate surface area is 117 Å². The molecule has 1 fully saturated rings. The zero-order valence-corrected chi connectivity index (χ0v) is 12.3.